The summed E-state index contributed by atoms with van der Waals surface area (Å²) in [6.45, 7) is 5.38. The number of ether oxygens (including phenoxy) is 1. The highest BCUT2D eigenvalue weighted by Crippen LogP contribution is 2.20. The molecule has 0 radical (unpaired) electrons. The van der Waals surface area contributed by atoms with E-state index < -0.39 is 0 Å². The van der Waals surface area contributed by atoms with E-state index in [9.17, 15) is 4.79 Å². The minimum Gasteiger partial charge on any atom is -0.494 e. The van der Waals surface area contributed by atoms with E-state index in [1.54, 1.807) is 23.1 Å². The molecule has 1 amide bonds. The van der Waals surface area contributed by atoms with Gasteiger partial charge in [0.05, 0.1) is 6.61 Å². The molecule has 2 N–H and O–H groups in total. The fraction of sp³-hybridized carbons (Fsp3) is 0.533. The van der Waals surface area contributed by atoms with Gasteiger partial charge in [0.2, 0.25) is 0 Å². The minimum atomic E-state index is -0.00986. The Morgan fingerprint density at radius 2 is 2.00 bits per heavy atom. The summed E-state index contributed by atoms with van der Waals surface area (Å²) >= 11 is 0. The molecule has 0 aromatic heterocycles. The van der Waals surface area contributed by atoms with Crippen molar-refractivity contribution >= 4 is 11.6 Å². The number of hydrogen-bond donors (Lipinski definition) is 1. The quantitative estimate of drug-likeness (QED) is 0.608. The lowest BCUT2D eigenvalue weighted by Crippen LogP contribution is -2.27. The van der Waals surface area contributed by atoms with Gasteiger partial charge in [0.1, 0.15) is 5.75 Å². The van der Waals surface area contributed by atoms with Crippen LogP contribution in [0.15, 0.2) is 18.2 Å². The van der Waals surface area contributed by atoms with Crippen molar-refractivity contribution in [2.24, 2.45) is 0 Å². The van der Waals surface area contributed by atoms with Crippen LogP contribution < -0.4 is 10.5 Å². The van der Waals surface area contributed by atoms with Crippen LogP contribution in [-0.4, -0.2) is 31.0 Å². The molecule has 0 fully saturated rings. The van der Waals surface area contributed by atoms with Crippen molar-refractivity contribution in [1.82, 2.24) is 4.90 Å². The molecule has 0 aliphatic heterocycles. The molecule has 4 heteroatoms. The Morgan fingerprint density at radius 1 is 1.26 bits per heavy atom. The van der Waals surface area contributed by atoms with E-state index in [0.29, 0.717) is 23.6 Å². The lowest BCUT2D eigenvalue weighted by Gasteiger charge is -2.17. The number of benzene rings is 1. The van der Waals surface area contributed by atoms with Crippen molar-refractivity contribution in [1.29, 1.82) is 0 Å². The molecule has 0 aliphatic carbocycles. The molecule has 1 rings (SSSR count). The first-order valence-electron chi connectivity index (χ1n) is 6.87. The van der Waals surface area contributed by atoms with Gasteiger partial charge in [-0.05, 0) is 25.5 Å². The highest BCUT2D eigenvalue weighted by atomic mass is 16.5. The average Bonchev–Trinajstić information content (AvgIpc) is 2.37. The molecular formula is C15H24N2O2. The lowest BCUT2D eigenvalue weighted by atomic mass is 10.1. The molecular weight excluding hydrogens is 240 g/mol. The fourth-order valence-corrected chi connectivity index (χ4v) is 1.92. The van der Waals surface area contributed by atoms with Crippen molar-refractivity contribution in [3.8, 4) is 5.75 Å². The zero-order chi connectivity index (χ0) is 14.3. The Morgan fingerprint density at radius 3 is 2.63 bits per heavy atom. The number of nitrogens with zero attached hydrogens (tertiary/aromatic N) is 1. The first-order valence-corrected chi connectivity index (χ1v) is 6.87. The molecule has 0 heterocycles. The standard InChI is InChI=1S/C15H24N2O2/c1-4-6-7-8-17(3)15(18)12-9-13(16)11-14(10-12)19-5-2/h9-11H,4-8,16H2,1-3H3. The van der Waals surface area contributed by atoms with Gasteiger partial charge in [-0.3, -0.25) is 4.79 Å². The second-order valence-corrected chi connectivity index (χ2v) is 4.66. The summed E-state index contributed by atoms with van der Waals surface area (Å²) in [5, 5.41) is 0. The molecule has 1 aromatic rings. The highest BCUT2D eigenvalue weighted by molar-refractivity contribution is 5.95. The zero-order valence-corrected chi connectivity index (χ0v) is 12.1. The van der Waals surface area contributed by atoms with Gasteiger partial charge in [0.25, 0.3) is 5.91 Å². The maximum Gasteiger partial charge on any atom is 0.253 e. The summed E-state index contributed by atoms with van der Waals surface area (Å²) in [5.74, 6) is 0.636. The second kappa shape index (κ2) is 7.67. The number of carbonyl (C=O) groups is 1. The van der Waals surface area contributed by atoms with E-state index in [0.717, 1.165) is 25.8 Å². The van der Waals surface area contributed by atoms with Crippen LogP contribution in [0.5, 0.6) is 5.75 Å². The van der Waals surface area contributed by atoms with Crippen LogP contribution in [0.3, 0.4) is 0 Å². The van der Waals surface area contributed by atoms with E-state index >= 15 is 0 Å². The number of rotatable bonds is 7. The molecule has 0 atom stereocenters. The highest BCUT2D eigenvalue weighted by Gasteiger charge is 2.13. The number of nitrogen functional groups attached to an aromatic ring is 1. The van der Waals surface area contributed by atoms with Crippen LogP contribution in [0, 0.1) is 0 Å². The van der Waals surface area contributed by atoms with Crippen LogP contribution in [0.1, 0.15) is 43.5 Å². The van der Waals surface area contributed by atoms with Crippen molar-refractivity contribution in [2.75, 3.05) is 25.9 Å². The predicted octanol–water partition coefficient (Wildman–Crippen LogP) is 2.93. The summed E-state index contributed by atoms with van der Waals surface area (Å²) in [4.78, 5) is 14.0. The summed E-state index contributed by atoms with van der Waals surface area (Å²) in [6.07, 6.45) is 3.31. The van der Waals surface area contributed by atoms with Gasteiger partial charge in [-0.2, -0.15) is 0 Å². The van der Waals surface area contributed by atoms with Crippen LogP contribution in [-0.2, 0) is 0 Å². The normalized spacial score (nSPS) is 10.3. The van der Waals surface area contributed by atoms with E-state index in [1.807, 2.05) is 14.0 Å². The SMILES string of the molecule is CCCCCN(C)C(=O)c1cc(N)cc(OCC)c1. The first-order chi connectivity index (χ1) is 9.08. The number of anilines is 1. The monoisotopic (exact) mass is 264 g/mol. The fourth-order valence-electron chi connectivity index (χ4n) is 1.92. The number of nitrogens with two attached hydrogens (primary N) is 1. The third kappa shape index (κ3) is 4.81. The van der Waals surface area contributed by atoms with Gasteiger partial charge in [-0.1, -0.05) is 19.8 Å². The first kappa shape index (κ1) is 15.3. The third-order valence-electron chi connectivity index (χ3n) is 2.93. The number of carbonyl (C=O) groups excluding carboxylic acids is 1. The molecule has 106 valence electrons. The van der Waals surface area contributed by atoms with Crippen molar-refractivity contribution in [3.63, 3.8) is 0 Å². The summed E-state index contributed by atoms with van der Waals surface area (Å²) in [5.41, 5.74) is 6.94. The molecule has 0 unspecified atom stereocenters. The number of amides is 1. The van der Waals surface area contributed by atoms with Gasteiger partial charge >= 0.3 is 0 Å². The molecule has 0 saturated heterocycles. The summed E-state index contributed by atoms with van der Waals surface area (Å²) < 4.78 is 5.41. The molecule has 19 heavy (non-hydrogen) atoms. The summed E-state index contributed by atoms with van der Waals surface area (Å²) in [7, 11) is 1.82. The Hall–Kier alpha value is -1.71. The van der Waals surface area contributed by atoms with Gasteiger partial charge < -0.3 is 15.4 Å². The summed E-state index contributed by atoms with van der Waals surface area (Å²) in [6, 6.07) is 5.18. The Bertz CT molecular complexity index is 419. The van der Waals surface area contributed by atoms with Crippen molar-refractivity contribution in [2.45, 2.75) is 33.1 Å². The van der Waals surface area contributed by atoms with E-state index in [1.165, 1.54) is 0 Å². The third-order valence-corrected chi connectivity index (χ3v) is 2.93. The predicted molar refractivity (Wildman–Crippen MR) is 78.5 cm³/mol. The molecule has 0 aliphatic rings. The number of hydrogen-bond acceptors (Lipinski definition) is 3. The van der Waals surface area contributed by atoms with E-state index in [2.05, 4.69) is 6.92 Å². The maximum absolute atomic E-state index is 12.3. The average molecular weight is 264 g/mol. The molecule has 4 nitrogen and oxygen atoms in total. The number of unbranched alkanes of at least 4 members (excludes halogenated alkanes) is 2. The van der Waals surface area contributed by atoms with Crippen LogP contribution in [0.4, 0.5) is 5.69 Å². The Kier molecular flexibility index (Phi) is 6.19. The molecule has 1 aromatic carbocycles. The molecule has 0 bridgehead atoms. The van der Waals surface area contributed by atoms with Crippen LogP contribution in [0.2, 0.25) is 0 Å². The Balaban J connectivity index is 2.74. The van der Waals surface area contributed by atoms with Gasteiger partial charge in [0.15, 0.2) is 0 Å². The van der Waals surface area contributed by atoms with Gasteiger partial charge in [-0.25, -0.2) is 0 Å². The largest absolute Gasteiger partial charge is 0.494 e. The van der Waals surface area contributed by atoms with E-state index in [-0.39, 0.29) is 5.91 Å². The zero-order valence-electron chi connectivity index (χ0n) is 12.1. The topological polar surface area (TPSA) is 55.6 Å². The smallest absolute Gasteiger partial charge is 0.253 e. The maximum atomic E-state index is 12.3. The second-order valence-electron chi connectivity index (χ2n) is 4.66. The van der Waals surface area contributed by atoms with Crippen molar-refractivity contribution in [3.05, 3.63) is 23.8 Å². The van der Waals surface area contributed by atoms with Crippen LogP contribution in [0.25, 0.3) is 0 Å². The Labute approximate surface area is 115 Å². The van der Waals surface area contributed by atoms with Crippen LogP contribution >= 0.6 is 0 Å². The van der Waals surface area contributed by atoms with Crippen molar-refractivity contribution < 1.29 is 9.53 Å². The lowest BCUT2D eigenvalue weighted by molar-refractivity contribution is 0.0792. The van der Waals surface area contributed by atoms with E-state index in [4.69, 9.17) is 10.5 Å². The molecule has 0 spiro atoms. The minimum absolute atomic E-state index is 0.00986. The van der Waals surface area contributed by atoms with Gasteiger partial charge in [0, 0.05) is 30.9 Å². The van der Waals surface area contributed by atoms with Gasteiger partial charge in [-0.15, -0.1) is 0 Å². The molecule has 0 saturated carbocycles.